The summed E-state index contributed by atoms with van der Waals surface area (Å²) in [5, 5.41) is 29.1. The summed E-state index contributed by atoms with van der Waals surface area (Å²) < 4.78 is 5.82. The third kappa shape index (κ3) is 3.26. The number of phenols is 2. The van der Waals surface area contributed by atoms with Gasteiger partial charge in [0.2, 0.25) is 0 Å². The van der Waals surface area contributed by atoms with Crippen LogP contribution in [0.4, 0.5) is 0 Å². The van der Waals surface area contributed by atoms with Crippen LogP contribution in [0.15, 0.2) is 60.7 Å². The minimum absolute atomic E-state index is 0. The number of carboxylic acid groups (broad SMARTS) is 1. The van der Waals surface area contributed by atoms with E-state index in [9.17, 15) is 20.1 Å². The van der Waals surface area contributed by atoms with Crippen LogP contribution in [0, 0.1) is 0 Å². The van der Waals surface area contributed by atoms with Gasteiger partial charge in [-0.2, -0.15) is 0 Å². The first-order valence-corrected chi connectivity index (χ1v) is 7.70. The number of aromatic hydroxyl groups is 2. The fourth-order valence-corrected chi connectivity index (χ4v) is 3.26. The molecule has 0 saturated carbocycles. The van der Waals surface area contributed by atoms with Crippen molar-refractivity contribution in [1.29, 1.82) is 0 Å². The summed E-state index contributed by atoms with van der Waals surface area (Å²) in [5.41, 5.74) is 2.33. The Labute approximate surface area is 192 Å². The average Bonchev–Trinajstić information content (AvgIpc) is 2.59. The molecule has 0 fully saturated rings. The number of fused-ring (bicyclic) bond motifs is 2. The number of carboxylic acids is 1. The van der Waals surface area contributed by atoms with Gasteiger partial charge in [-0.15, -0.1) is 0 Å². The molecule has 0 aliphatic carbocycles. The van der Waals surface area contributed by atoms with Crippen LogP contribution in [-0.2, 0) is 0 Å². The molecule has 0 unspecified atom stereocenters. The molecule has 0 atom stereocenters. The summed E-state index contributed by atoms with van der Waals surface area (Å²) >= 11 is 0. The van der Waals surface area contributed by atoms with Crippen LogP contribution in [0.5, 0.6) is 23.0 Å². The number of hydrogen-bond donors (Lipinski definition) is 3. The van der Waals surface area contributed by atoms with E-state index in [2.05, 4.69) is 0 Å². The topological polar surface area (TPSA) is 87.0 Å². The number of benzene rings is 3. The van der Waals surface area contributed by atoms with Gasteiger partial charge in [0.05, 0.1) is 5.56 Å². The number of phenolic OH excluding ortho intramolecular Hbond substituents is 2. The maximum absolute atomic E-state index is 11.7. The molecule has 0 bridgehead atoms. The van der Waals surface area contributed by atoms with Crippen molar-refractivity contribution in [3.63, 3.8) is 0 Å². The molecule has 1 heterocycles. The third-order valence-electron chi connectivity index (χ3n) is 4.34. The number of carbonyl (C=O) groups is 1. The number of aromatic carboxylic acids is 1. The van der Waals surface area contributed by atoms with Gasteiger partial charge in [-0.05, 0) is 23.8 Å². The summed E-state index contributed by atoms with van der Waals surface area (Å²) in [6.07, 6.45) is 0. The van der Waals surface area contributed by atoms with E-state index in [0.717, 1.165) is 11.1 Å². The van der Waals surface area contributed by atoms with Crippen molar-refractivity contribution >= 4 is 57.4 Å². The van der Waals surface area contributed by atoms with Crippen LogP contribution in [0.2, 0.25) is 0 Å². The first-order chi connectivity index (χ1) is 12.0. The molecule has 3 N–H and O–H groups in total. The van der Waals surface area contributed by atoms with Crippen LogP contribution < -0.4 is 4.74 Å². The molecule has 6 heteroatoms. The molecule has 0 saturated heterocycles. The van der Waals surface area contributed by atoms with Gasteiger partial charge in [0.25, 0.3) is 0 Å². The Balaban J connectivity index is 0.00000196. The normalized spacial score (nSPS) is 12.3. The number of hydrogen-bond acceptors (Lipinski definition) is 4. The molecular weight excluding hydrogens is 359 g/mol. The fourth-order valence-electron chi connectivity index (χ4n) is 3.26. The predicted octanol–water partition coefficient (Wildman–Crippen LogP) is 3.43. The molecule has 0 spiro atoms. The molecule has 0 aromatic heterocycles. The first-order valence-electron chi connectivity index (χ1n) is 7.70. The van der Waals surface area contributed by atoms with Crippen LogP contribution in [0.1, 0.15) is 33.0 Å². The van der Waals surface area contributed by atoms with Crippen LogP contribution in [0.25, 0.3) is 0 Å². The second-order valence-corrected chi connectivity index (χ2v) is 5.87. The Morgan fingerprint density at radius 2 is 1.35 bits per heavy atom. The zero-order chi connectivity index (χ0) is 17.6. The van der Waals surface area contributed by atoms with E-state index in [1.54, 1.807) is 48.5 Å². The maximum atomic E-state index is 11.7. The molecule has 26 heavy (non-hydrogen) atoms. The van der Waals surface area contributed by atoms with E-state index in [4.69, 9.17) is 4.74 Å². The summed E-state index contributed by atoms with van der Waals surface area (Å²) in [6, 6.07) is 16.3. The van der Waals surface area contributed by atoms with Gasteiger partial charge in [0, 0.05) is 29.2 Å². The second-order valence-electron chi connectivity index (χ2n) is 5.87. The Kier molecular flexibility index (Phi) is 5.41. The van der Waals surface area contributed by atoms with Gasteiger partial charge in [0.1, 0.15) is 23.0 Å². The summed E-state index contributed by atoms with van der Waals surface area (Å²) in [5.74, 6) is -0.429. The molecule has 3 aromatic carbocycles. The summed E-state index contributed by atoms with van der Waals surface area (Å²) in [7, 11) is 0. The second kappa shape index (κ2) is 7.42. The molecule has 4 rings (SSSR count). The van der Waals surface area contributed by atoms with Crippen molar-refractivity contribution in [2.45, 2.75) is 5.92 Å². The molecule has 3 aromatic rings. The average molecular weight is 374 g/mol. The van der Waals surface area contributed by atoms with Crippen LogP contribution >= 0.6 is 0 Å². The van der Waals surface area contributed by atoms with Crippen LogP contribution in [-0.4, -0.2) is 72.7 Å². The van der Waals surface area contributed by atoms with E-state index in [1.807, 2.05) is 0 Å². The molecular formula is C20H15KO5. The summed E-state index contributed by atoms with van der Waals surface area (Å²) in [6.45, 7) is 0. The van der Waals surface area contributed by atoms with Gasteiger partial charge in [-0.3, -0.25) is 0 Å². The number of rotatable bonds is 2. The molecule has 1 aliphatic heterocycles. The van der Waals surface area contributed by atoms with Gasteiger partial charge in [-0.1, -0.05) is 30.3 Å². The fraction of sp³-hybridized carbons (Fsp3) is 0.0500. The van der Waals surface area contributed by atoms with Crippen LogP contribution in [0.3, 0.4) is 0 Å². The SMILES string of the molecule is O=C(O)c1ccccc1C1c2ccc(O)cc2Oc2cc(O)ccc21.[KH]. The van der Waals surface area contributed by atoms with Crippen molar-refractivity contribution < 1.29 is 24.9 Å². The van der Waals surface area contributed by atoms with Gasteiger partial charge in [0.15, 0.2) is 0 Å². The Morgan fingerprint density at radius 3 is 1.88 bits per heavy atom. The van der Waals surface area contributed by atoms with Crippen molar-refractivity contribution in [2.75, 3.05) is 0 Å². The minimum atomic E-state index is -1.01. The van der Waals surface area contributed by atoms with Crippen molar-refractivity contribution in [3.05, 3.63) is 82.9 Å². The van der Waals surface area contributed by atoms with E-state index >= 15 is 0 Å². The van der Waals surface area contributed by atoms with Crippen molar-refractivity contribution in [1.82, 2.24) is 0 Å². The Hall–Kier alpha value is -1.83. The van der Waals surface area contributed by atoms with Crippen molar-refractivity contribution in [3.8, 4) is 23.0 Å². The predicted molar refractivity (Wildman–Crippen MR) is 97.8 cm³/mol. The zero-order valence-corrected chi connectivity index (χ0v) is 13.0. The van der Waals surface area contributed by atoms with E-state index in [0.29, 0.717) is 17.1 Å². The first kappa shape index (κ1) is 18.9. The standard InChI is InChI=1S/C20H14O5.K.H/c21-11-5-7-15-17(9-11)25-18-10-12(22)6-8-16(18)19(15)13-3-1-2-4-14(13)20(23)24;;/h1-10,19,21-22H,(H,23,24);;. The van der Waals surface area contributed by atoms with E-state index in [-0.39, 0.29) is 74.4 Å². The van der Waals surface area contributed by atoms with Gasteiger partial charge >= 0.3 is 57.4 Å². The van der Waals surface area contributed by atoms with E-state index in [1.165, 1.54) is 12.1 Å². The molecule has 1 aliphatic rings. The number of ether oxygens (including phenoxy) is 1. The Morgan fingerprint density at radius 1 is 0.808 bits per heavy atom. The van der Waals surface area contributed by atoms with Gasteiger partial charge in [-0.25, -0.2) is 4.79 Å². The molecule has 126 valence electrons. The van der Waals surface area contributed by atoms with E-state index < -0.39 is 5.97 Å². The van der Waals surface area contributed by atoms with Gasteiger partial charge < -0.3 is 20.1 Å². The van der Waals surface area contributed by atoms with Crippen molar-refractivity contribution in [2.24, 2.45) is 0 Å². The third-order valence-corrected chi connectivity index (χ3v) is 4.34. The monoisotopic (exact) mass is 374 g/mol. The quantitative estimate of drug-likeness (QED) is 0.468. The zero-order valence-electron chi connectivity index (χ0n) is 13.0. The molecule has 0 radical (unpaired) electrons. The Bertz CT molecular complexity index is 948. The summed E-state index contributed by atoms with van der Waals surface area (Å²) in [4.78, 5) is 11.7. The molecule has 0 amide bonds. The molecule has 5 nitrogen and oxygen atoms in total.